The Labute approximate surface area is 166 Å². The fourth-order valence-corrected chi connectivity index (χ4v) is 4.10. The lowest BCUT2D eigenvalue weighted by molar-refractivity contribution is -0.276. The zero-order valence-corrected chi connectivity index (χ0v) is 15.9. The molecule has 0 aromatic heterocycles. The third kappa shape index (κ3) is 4.40. The van der Waals surface area contributed by atoms with Gasteiger partial charge in [0.1, 0.15) is 12.2 Å². The summed E-state index contributed by atoms with van der Waals surface area (Å²) < 4.78 is 11.2. The van der Waals surface area contributed by atoms with Crippen molar-refractivity contribution in [3.8, 4) is 0 Å². The topological polar surface area (TPSA) is 123 Å². The van der Waals surface area contributed by atoms with Crippen molar-refractivity contribution in [2.24, 2.45) is 0 Å². The van der Waals surface area contributed by atoms with Crippen LogP contribution in [0.15, 0.2) is 18.2 Å². The molecule has 0 saturated carbocycles. The Kier molecular flexibility index (Phi) is 6.97. The highest BCUT2D eigenvalue weighted by Gasteiger charge is 2.43. The van der Waals surface area contributed by atoms with E-state index in [-0.39, 0.29) is 26.3 Å². The number of aliphatic hydroxyl groups excluding tert-OH is 5. The molecule has 2 heterocycles. The summed E-state index contributed by atoms with van der Waals surface area (Å²) in [5, 5.41) is 50.6. The van der Waals surface area contributed by atoms with Gasteiger partial charge in [-0.25, -0.2) is 0 Å². The zero-order chi connectivity index (χ0) is 19.7. The van der Waals surface area contributed by atoms with Crippen LogP contribution >= 0.6 is 23.2 Å². The van der Waals surface area contributed by atoms with Gasteiger partial charge in [0.05, 0.1) is 47.6 Å². The molecule has 0 bridgehead atoms. The van der Waals surface area contributed by atoms with Gasteiger partial charge in [0.2, 0.25) is 0 Å². The van der Waals surface area contributed by atoms with E-state index in [0.29, 0.717) is 15.6 Å². The Morgan fingerprint density at radius 3 is 2.44 bits per heavy atom. The largest absolute Gasteiger partial charge is 0.395 e. The molecule has 0 amide bonds. The van der Waals surface area contributed by atoms with E-state index in [1.807, 2.05) is 0 Å². The minimum Gasteiger partial charge on any atom is -0.395 e. The van der Waals surface area contributed by atoms with E-state index in [9.17, 15) is 25.5 Å². The van der Waals surface area contributed by atoms with Gasteiger partial charge in [0, 0.05) is 18.7 Å². The minimum atomic E-state index is -1.17. The number of nitrogens with zero attached hydrogens (tertiary/aromatic N) is 1. The third-order valence-corrected chi connectivity index (χ3v) is 5.64. The second-order valence-electron chi connectivity index (χ2n) is 6.80. The first-order valence-electron chi connectivity index (χ1n) is 8.61. The first-order chi connectivity index (χ1) is 12.8. The molecule has 2 saturated heterocycles. The Morgan fingerprint density at radius 2 is 1.81 bits per heavy atom. The number of rotatable bonds is 5. The van der Waals surface area contributed by atoms with E-state index >= 15 is 0 Å². The van der Waals surface area contributed by atoms with Gasteiger partial charge < -0.3 is 35.0 Å². The predicted octanol–water partition coefficient (Wildman–Crippen LogP) is -0.472. The standard InChI is InChI=1S/C17H23Cl2NO7/c18-8-2-1-3-9(19)14(8)17-26-7-13(24)16(27-17)12(23)5-20-4-11(22)15(25)10(20)6-21/h1-3,10-13,15-17,21-25H,4-7H2/t10-,11-,12-,13-,15-,16-,17?/m1/s1. The van der Waals surface area contributed by atoms with Crippen molar-refractivity contribution in [1.29, 1.82) is 0 Å². The van der Waals surface area contributed by atoms with Gasteiger partial charge >= 0.3 is 0 Å². The number of likely N-dealkylation sites (tertiary alicyclic amines) is 1. The zero-order valence-electron chi connectivity index (χ0n) is 14.4. The first kappa shape index (κ1) is 21.2. The predicted molar refractivity (Wildman–Crippen MR) is 96.5 cm³/mol. The van der Waals surface area contributed by atoms with Crippen molar-refractivity contribution < 1.29 is 35.0 Å². The second-order valence-corrected chi connectivity index (χ2v) is 7.61. The van der Waals surface area contributed by atoms with E-state index < -0.39 is 42.9 Å². The molecular formula is C17H23Cl2NO7. The quantitative estimate of drug-likeness (QED) is 0.430. The smallest absolute Gasteiger partial charge is 0.187 e. The minimum absolute atomic E-state index is 0.0238. The molecule has 1 unspecified atom stereocenters. The lowest BCUT2D eigenvalue weighted by Gasteiger charge is -2.38. The highest BCUT2D eigenvalue weighted by molar-refractivity contribution is 6.36. The van der Waals surface area contributed by atoms with Crippen molar-refractivity contribution in [2.45, 2.75) is 42.9 Å². The Bertz CT molecular complexity index is 631. The SMILES string of the molecule is OC[C@@H]1[C@@H](O)[C@H](O)CN1C[C@@H](O)[C@H]1OC(c2c(Cl)cccc2Cl)OC[C@H]1O. The summed E-state index contributed by atoms with van der Waals surface area (Å²) in [7, 11) is 0. The summed E-state index contributed by atoms with van der Waals surface area (Å²) in [6.07, 6.45) is -6.37. The molecule has 0 radical (unpaired) electrons. The lowest BCUT2D eigenvalue weighted by atomic mass is 10.1. The molecule has 2 fully saturated rings. The van der Waals surface area contributed by atoms with Gasteiger partial charge in [-0.15, -0.1) is 0 Å². The number of hydrogen-bond acceptors (Lipinski definition) is 8. The number of β-amino-alcohol motifs (C(OH)–C–C–N with tert-alkyl or cyclic N) is 2. The van der Waals surface area contributed by atoms with Crippen molar-refractivity contribution in [1.82, 2.24) is 4.90 Å². The third-order valence-electron chi connectivity index (χ3n) is 4.98. The summed E-state index contributed by atoms with van der Waals surface area (Å²) in [6, 6.07) is 4.23. The molecule has 5 N–H and O–H groups in total. The molecule has 2 aliphatic heterocycles. The van der Waals surface area contributed by atoms with E-state index in [1.54, 1.807) is 23.1 Å². The normalized spacial score (nSPS) is 36.1. The molecule has 2 aliphatic rings. The van der Waals surface area contributed by atoms with Crippen LogP contribution in [0.25, 0.3) is 0 Å². The van der Waals surface area contributed by atoms with Crippen LogP contribution in [-0.2, 0) is 9.47 Å². The average molecular weight is 424 g/mol. The fraction of sp³-hybridized carbons (Fsp3) is 0.647. The maximum absolute atomic E-state index is 10.6. The van der Waals surface area contributed by atoms with Gasteiger partial charge in [-0.2, -0.15) is 0 Å². The van der Waals surface area contributed by atoms with Gasteiger partial charge in [0.25, 0.3) is 0 Å². The van der Waals surface area contributed by atoms with Gasteiger partial charge in [-0.05, 0) is 12.1 Å². The lowest BCUT2D eigenvalue weighted by Crippen LogP contribution is -2.52. The van der Waals surface area contributed by atoms with Crippen molar-refractivity contribution in [3.63, 3.8) is 0 Å². The molecule has 7 atom stereocenters. The van der Waals surface area contributed by atoms with Crippen LogP contribution < -0.4 is 0 Å². The Morgan fingerprint density at radius 1 is 1.15 bits per heavy atom. The highest BCUT2D eigenvalue weighted by atomic mass is 35.5. The molecule has 0 spiro atoms. The number of ether oxygens (including phenoxy) is 2. The summed E-state index contributed by atoms with van der Waals surface area (Å²) in [4.78, 5) is 1.56. The molecular weight excluding hydrogens is 401 g/mol. The fourth-order valence-electron chi connectivity index (χ4n) is 3.52. The molecule has 3 rings (SSSR count). The van der Waals surface area contributed by atoms with E-state index in [4.69, 9.17) is 32.7 Å². The maximum Gasteiger partial charge on any atom is 0.187 e. The average Bonchev–Trinajstić information content (AvgIpc) is 2.89. The van der Waals surface area contributed by atoms with E-state index in [1.165, 1.54) is 0 Å². The molecule has 8 nitrogen and oxygen atoms in total. The maximum atomic E-state index is 10.6. The van der Waals surface area contributed by atoms with E-state index in [2.05, 4.69) is 0 Å². The molecule has 152 valence electrons. The van der Waals surface area contributed by atoms with Crippen LogP contribution in [0.3, 0.4) is 0 Å². The van der Waals surface area contributed by atoms with Crippen LogP contribution in [0.4, 0.5) is 0 Å². The van der Waals surface area contributed by atoms with Gasteiger partial charge in [0.15, 0.2) is 6.29 Å². The summed E-state index contributed by atoms with van der Waals surface area (Å²) >= 11 is 12.3. The molecule has 1 aromatic carbocycles. The Balaban J connectivity index is 1.71. The molecule has 1 aromatic rings. The highest BCUT2D eigenvalue weighted by Crippen LogP contribution is 2.37. The van der Waals surface area contributed by atoms with Crippen LogP contribution in [-0.4, -0.2) is 93.3 Å². The van der Waals surface area contributed by atoms with Crippen molar-refractivity contribution in [2.75, 3.05) is 26.3 Å². The van der Waals surface area contributed by atoms with Crippen LogP contribution in [0.2, 0.25) is 10.0 Å². The van der Waals surface area contributed by atoms with E-state index in [0.717, 1.165) is 0 Å². The number of aliphatic hydroxyl groups is 5. The summed E-state index contributed by atoms with van der Waals surface area (Å²) in [5.74, 6) is 0. The van der Waals surface area contributed by atoms with Crippen molar-refractivity contribution in [3.05, 3.63) is 33.8 Å². The van der Waals surface area contributed by atoms with Crippen LogP contribution in [0.5, 0.6) is 0 Å². The second kappa shape index (κ2) is 8.87. The van der Waals surface area contributed by atoms with Crippen LogP contribution in [0.1, 0.15) is 11.9 Å². The first-order valence-corrected chi connectivity index (χ1v) is 9.37. The number of halogens is 2. The molecule has 0 aliphatic carbocycles. The monoisotopic (exact) mass is 423 g/mol. The number of hydrogen-bond donors (Lipinski definition) is 5. The molecule has 10 heteroatoms. The Hall–Kier alpha value is -0.520. The van der Waals surface area contributed by atoms with Gasteiger partial charge in [-0.1, -0.05) is 29.3 Å². The summed E-state index contributed by atoms with van der Waals surface area (Å²) in [6.45, 7) is -0.408. The summed E-state index contributed by atoms with van der Waals surface area (Å²) in [5.41, 5.74) is 0.408. The van der Waals surface area contributed by atoms with Gasteiger partial charge in [-0.3, -0.25) is 4.90 Å². The molecule has 27 heavy (non-hydrogen) atoms. The van der Waals surface area contributed by atoms with Crippen LogP contribution in [0, 0.1) is 0 Å². The number of benzene rings is 1. The van der Waals surface area contributed by atoms with Crippen molar-refractivity contribution >= 4 is 23.2 Å².